The van der Waals surface area contributed by atoms with Gasteiger partial charge in [0.1, 0.15) is 6.04 Å². The number of rotatable bonds is 6. The summed E-state index contributed by atoms with van der Waals surface area (Å²) < 4.78 is 0. The number of carbonyl (C=O) groups excluding carboxylic acids is 2. The molecule has 0 radical (unpaired) electrons. The summed E-state index contributed by atoms with van der Waals surface area (Å²) in [6.45, 7) is 3.30. The maximum atomic E-state index is 12.6. The predicted molar refractivity (Wildman–Crippen MR) is 100 cm³/mol. The van der Waals surface area contributed by atoms with E-state index in [9.17, 15) is 9.59 Å². The molecule has 0 bridgehead atoms. The van der Waals surface area contributed by atoms with Crippen molar-refractivity contribution in [3.05, 3.63) is 57.8 Å². The summed E-state index contributed by atoms with van der Waals surface area (Å²) >= 11 is 1.58. The van der Waals surface area contributed by atoms with Gasteiger partial charge in [-0.15, -0.1) is 11.3 Å². The van der Waals surface area contributed by atoms with E-state index in [1.54, 1.807) is 16.2 Å². The minimum absolute atomic E-state index is 0.0448. The number of likely N-dealkylation sites (tertiary alicyclic amines) is 1. The van der Waals surface area contributed by atoms with E-state index in [4.69, 9.17) is 0 Å². The van der Waals surface area contributed by atoms with Crippen molar-refractivity contribution in [2.24, 2.45) is 0 Å². The molecule has 1 aliphatic heterocycles. The van der Waals surface area contributed by atoms with Crippen LogP contribution in [0.5, 0.6) is 0 Å². The molecule has 2 aromatic rings. The average molecular weight is 356 g/mol. The Bertz CT molecular complexity index is 710. The Morgan fingerprint density at radius 2 is 1.96 bits per heavy atom. The molecule has 1 saturated heterocycles. The van der Waals surface area contributed by atoms with Crippen molar-refractivity contribution in [1.29, 1.82) is 0 Å². The highest BCUT2D eigenvalue weighted by molar-refractivity contribution is 7.10. The molecule has 25 heavy (non-hydrogen) atoms. The molecular weight excluding hydrogens is 332 g/mol. The van der Waals surface area contributed by atoms with Gasteiger partial charge in [0.25, 0.3) is 0 Å². The van der Waals surface area contributed by atoms with Gasteiger partial charge in [-0.25, -0.2) is 0 Å². The Kier molecular flexibility index (Phi) is 5.87. The molecule has 0 saturated carbocycles. The van der Waals surface area contributed by atoms with Gasteiger partial charge in [0, 0.05) is 18.0 Å². The van der Waals surface area contributed by atoms with E-state index in [-0.39, 0.29) is 17.9 Å². The van der Waals surface area contributed by atoms with Crippen LogP contribution < -0.4 is 5.32 Å². The van der Waals surface area contributed by atoms with E-state index < -0.39 is 0 Å². The number of amides is 2. The SMILES string of the molecule is CCc1ccc(CNC(=O)[C@H]2CCCN2C(=O)Cc2cccs2)cc1. The first-order chi connectivity index (χ1) is 12.2. The Labute approximate surface area is 152 Å². The first-order valence-electron chi connectivity index (χ1n) is 8.84. The summed E-state index contributed by atoms with van der Waals surface area (Å²) in [5, 5.41) is 4.96. The molecule has 2 heterocycles. The second-order valence-electron chi connectivity index (χ2n) is 6.39. The Hall–Kier alpha value is -2.14. The summed E-state index contributed by atoms with van der Waals surface area (Å²) in [4.78, 5) is 27.9. The second kappa shape index (κ2) is 8.30. The molecule has 5 heteroatoms. The molecule has 1 atom stereocenters. The molecule has 1 aromatic carbocycles. The fourth-order valence-electron chi connectivity index (χ4n) is 3.20. The number of nitrogens with one attached hydrogen (secondary N) is 1. The largest absolute Gasteiger partial charge is 0.350 e. The zero-order chi connectivity index (χ0) is 17.6. The molecule has 0 unspecified atom stereocenters. The van der Waals surface area contributed by atoms with Crippen molar-refractivity contribution >= 4 is 23.2 Å². The maximum absolute atomic E-state index is 12.6. The predicted octanol–water partition coefficient (Wildman–Crippen LogP) is 3.16. The van der Waals surface area contributed by atoms with E-state index in [1.165, 1.54) is 5.56 Å². The van der Waals surface area contributed by atoms with Crippen LogP contribution in [-0.2, 0) is 29.0 Å². The first kappa shape index (κ1) is 17.7. The number of nitrogens with zero attached hydrogens (tertiary/aromatic N) is 1. The van der Waals surface area contributed by atoms with E-state index >= 15 is 0 Å². The molecule has 3 rings (SSSR count). The van der Waals surface area contributed by atoms with Crippen LogP contribution >= 0.6 is 11.3 Å². The minimum atomic E-state index is -0.331. The topological polar surface area (TPSA) is 49.4 Å². The number of carbonyl (C=O) groups is 2. The van der Waals surface area contributed by atoms with Crippen molar-refractivity contribution in [3.8, 4) is 0 Å². The van der Waals surface area contributed by atoms with Gasteiger partial charge in [-0.3, -0.25) is 9.59 Å². The van der Waals surface area contributed by atoms with Crippen LogP contribution in [-0.4, -0.2) is 29.3 Å². The maximum Gasteiger partial charge on any atom is 0.243 e. The summed E-state index contributed by atoms with van der Waals surface area (Å²) in [5.74, 6) is 0.00370. The lowest BCUT2D eigenvalue weighted by Gasteiger charge is -2.24. The molecule has 1 N–H and O–H groups in total. The van der Waals surface area contributed by atoms with E-state index in [0.29, 0.717) is 19.5 Å². The van der Waals surface area contributed by atoms with Gasteiger partial charge < -0.3 is 10.2 Å². The monoisotopic (exact) mass is 356 g/mol. The van der Waals surface area contributed by atoms with Gasteiger partial charge in [-0.05, 0) is 41.8 Å². The number of aryl methyl sites for hydroxylation is 1. The first-order valence-corrected chi connectivity index (χ1v) is 9.72. The lowest BCUT2D eigenvalue weighted by molar-refractivity contribution is -0.138. The Balaban J connectivity index is 1.55. The summed E-state index contributed by atoms with van der Waals surface area (Å²) in [6, 6.07) is 11.9. The average Bonchev–Trinajstić information content (AvgIpc) is 3.31. The normalized spacial score (nSPS) is 16.8. The van der Waals surface area contributed by atoms with Crippen molar-refractivity contribution in [2.75, 3.05) is 6.54 Å². The van der Waals surface area contributed by atoms with Gasteiger partial charge in [-0.1, -0.05) is 37.3 Å². The van der Waals surface area contributed by atoms with Crippen LogP contribution in [0.1, 0.15) is 35.8 Å². The highest BCUT2D eigenvalue weighted by atomic mass is 32.1. The fraction of sp³-hybridized carbons (Fsp3) is 0.400. The third kappa shape index (κ3) is 4.48. The standard InChI is InChI=1S/C20H24N2O2S/c1-2-15-7-9-16(10-8-15)14-21-20(24)18-6-3-11-22(18)19(23)13-17-5-4-12-25-17/h4-5,7-10,12,18H,2-3,6,11,13-14H2,1H3,(H,21,24)/t18-/m1/s1. The zero-order valence-corrected chi connectivity index (χ0v) is 15.3. The molecule has 4 nitrogen and oxygen atoms in total. The Morgan fingerprint density at radius 1 is 1.20 bits per heavy atom. The van der Waals surface area contributed by atoms with Crippen LogP contribution in [0, 0.1) is 0 Å². The van der Waals surface area contributed by atoms with Crippen molar-refractivity contribution < 1.29 is 9.59 Å². The molecule has 1 fully saturated rings. The molecule has 0 spiro atoms. The molecule has 132 valence electrons. The van der Waals surface area contributed by atoms with Gasteiger partial charge in [0.2, 0.25) is 11.8 Å². The third-order valence-electron chi connectivity index (χ3n) is 4.68. The van der Waals surface area contributed by atoms with Crippen LogP contribution in [0.4, 0.5) is 0 Å². The number of hydrogen-bond donors (Lipinski definition) is 1. The fourth-order valence-corrected chi connectivity index (χ4v) is 3.90. The van der Waals surface area contributed by atoms with E-state index in [1.807, 2.05) is 29.6 Å². The smallest absolute Gasteiger partial charge is 0.243 e. The molecule has 2 amide bonds. The van der Waals surface area contributed by atoms with Crippen LogP contribution in [0.15, 0.2) is 41.8 Å². The second-order valence-corrected chi connectivity index (χ2v) is 7.42. The highest BCUT2D eigenvalue weighted by Crippen LogP contribution is 2.20. The lowest BCUT2D eigenvalue weighted by Crippen LogP contribution is -2.46. The molecular formula is C20H24N2O2S. The van der Waals surface area contributed by atoms with Crippen molar-refractivity contribution in [2.45, 2.75) is 45.2 Å². The summed E-state index contributed by atoms with van der Waals surface area (Å²) in [5.41, 5.74) is 2.37. The van der Waals surface area contributed by atoms with E-state index in [0.717, 1.165) is 29.7 Å². The number of thiophene rings is 1. The van der Waals surface area contributed by atoms with Crippen molar-refractivity contribution in [3.63, 3.8) is 0 Å². The zero-order valence-electron chi connectivity index (χ0n) is 14.5. The number of hydrogen-bond acceptors (Lipinski definition) is 3. The summed E-state index contributed by atoms with van der Waals surface area (Å²) in [7, 11) is 0. The molecule has 0 aliphatic carbocycles. The third-order valence-corrected chi connectivity index (χ3v) is 5.56. The van der Waals surface area contributed by atoms with Crippen LogP contribution in [0.2, 0.25) is 0 Å². The molecule has 1 aromatic heterocycles. The molecule has 1 aliphatic rings. The van der Waals surface area contributed by atoms with Crippen LogP contribution in [0.3, 0.4) is 0 Å². The quantitative estimate of drug-likeness (QED) is 0.864. The number of benzene rings is 1. The lowest BCUT2D eigenvalue weighted by atomic mass is 10.1. The van der Waals surface area contributed by atoms with Gasteiger partial charge in [-0.2, -0.15) is 0 Å². The highest BCUT2D eigenvalue weighted by Gasteiger charge is 2.33. The van der Waals surface area contributed by atoms with Gasteiger partial charge >= 0.3 is 0 Å². The van der Waals surface area contributed by atoms with E-state index in [2.05, 4.69) is 24.4 Å². The minimum Gasteiger partial charge on any atom is -0.350 e. The van der Waals surface area contributed by atoms with Crippen molar-refractivity contribution in [1.82, 2.24) is 10.2 Å². The van der Waals surface area contributed by atoms with Crippen LogP contribution in [0.25, 0.3) is 0 Å². The van der Waals surface area contributed by atoms with Gasteiger partial charge in [0.15, 0.2) is 0 Å². The van der Waals surface area contributed by atoms with Gasteiger partial charge in [0.05, 0.1) is 6.42 Å². The Morgan fingerprint density at radius 3 is 2.64 bits per heavy atom. The summed E-state index contributed by atoms with van der Waals surface area (Å²) in [6.07, 6.45) is 3.03.